The van der Waals surface area contributed by atoms with E-state index in [4.69, 9.17) is 14.2 Å². The van der Waals surface area contributed by atoms with Crippen LogP contribution in [-0.2, 0) is 19.1 Å². The Morgan fingerprint density at radius 3 is 1.97 bits per heavy atom. The largest absolute Gasteiger partial charge is 0.455 e. The molecule has 0 aliphatic rings. The molecule has 1 atom stereocenters. The number of halogens is 2. The summed E-state index contributed by atoms with van der Waals surface area (Å²) in [6, 6.07) is 13.0. The molecule has 10 heteroatoms. The molecule has 8 nitrogen and oxygen atoms in total. The highest BCUT2D eigenvalue weighted by atomic mass is 19.1. The average molecular weight is 539 g/mol. The predicted octanol–water partition coefficient (Wildman–Crippen LogP) is 5.04. The lowest BCUT2D eigenvalue weighted by atomic mass is 9.97. The van der Waals surface area contributed by atoms with E-state index in [0.29, 0.717) is 16.7 Å². The van der Waals surface area contributed by atoms with Crippen molar-refractivity contribution in [1.29, 1.82) is 0 Å². The number of carbonyl (C=O) groups excluding carboxylic acids is 3. The summed E-state index contributed by atoms with van der Waals surface area (Å²) in [5.74, 6) is -2.99. The molecule has 0 saturated heterocycles. The molecular formula is C29H28F2N2O6. The molecule has 0 radical (unpaired) electrons. The summed E-state index contributed by atoms with van der Waals surface area (Å²) in [5.41, 5.74) is 1.40. The van der Waals surface area contributed by atoms with E-state index < -0.39 is 42.3 Å². The van der Waals surface area contributed by atoms with Crippen LogP contribution in [0.5, 0.6) is 5.75 Å². The number of pyridine rings is 1. The minimum Gasteiger partial charge on any atom is -0.455 e. The molecule has 0 fully saturated rings. The van der Waals surface area contributed by atoms with Crippen molar-refractivity contribution in [2.45, 2.75) is 33.7 Å². The molecular weight excluding hydrogens is 510 g/mol. The van der Waals surface area contributed by atoms with Crippen molar-refractivity contribution in [2.24, 2.45) is 5.92 Å². The Morgan fingerprint density at radius 2 is 1.44 bits per heavy atom. The summed E-state index contributed by atoms with van der Waals surface area (Å²) in [6.45, 7) is 5.89. The van der Waals surface area contributed by atoms with Gasteiger partial charge < -0.3 is 19.5 Å². The Kier molecular flexibility index (Phi) is 9.86. The third-order valence-corrected chi connectivity index (χ3v) is 5.45. The number of benzene rings is 2. The number of hydrogen-bond acceptors (Lipinski definition) is 7. The van der Waals surface area contributed by atoms with Crippen molar-refractivity contribution < 1.29 is 37.4 Å². The molecule has 1 heterocycles. The molecule has 3 aromatic rings. The van der Waals surface area contributed by atoms with Crippen LogP contribution >= 0.6 is 0 Å². The van der Waals surface area contributed by atoms with Crippen molar-refractivity contribution >= 4 is 23.4 Å². The van der Waals surface area contributed by atoms with Crippen molar-refractivity contribution in [3.63, 3.8) is 0 Å². The van der Waals surface area contributed by atoms with Crippen molar-refractivity contribution in [1.82, 2.24) is 10.3 Å². The first-order valence-corrected chi connectivity index (χ1v) is 12.1. The summed E-state index contributed by atoms with van der Waals surface area (Å²) >= 11 is 0. The predicted molar refractivity (Wildman–Crippen MR) is 138 cm³/mol. The maximum absolute atomic E-state index is 13.5. The van der Waals surface area contributed by atoms with Gasteiger partial charge in [0.25, 0.3) is 5.91 Å². The third kappa shape index (κ3) is 7.94. The highest BCUT2D eigenvalue weighted by Gasteiger charge is 2.23. The van der Waals surface area contributed by atoms with Crippen LogP contribution in [-0.4, -0.2) is 35.7 Å². The number of rotatable bonds is 10. The average Bonchev–Trinajstić information content (AvgIpc) is 2.91. The topological polar surface area (TPSA) is 104 Å². The highest BCUT2D eigenvalue weighted by molar-refractivity contribution is 5.97. The van der Waals surface area contributed by atoms with E-state index in [2.05, 4.69) is 10.3 Å². The molecule has 0 unspecified atom stereocenters. The minimum absolute atomic E-state index is 0.0538. The van der Waals surface area contributed by atoms with Gasteiger partial charge in [0.1, 0.15) is 23.4 Å². The molecule has 0 aliphatic carbocycles. The molecule has 1 N–H and O–H groups in total. The SMILES string of the molecule is CC(OC(=O)[C@H](C)NC(=O)c1ncccc1OCOC(=O)C(C)C)=C(c1ccc(F)cc1)c1ccc(F)cc1. The summed E-state index contributed by atoms with van der Waals surface area (Å²) in [6.07, 6.45) is 1.37. The first-order chi connectivity index (χ1) is 18.6. The number of ether oxygens (including phenoxy) is 3. The van der Waals surface area contributed by atoms with Crippen LogP contribution in [0.25, 0.3) is 5.57 Å². The van der Waals surface area contributed by atoms with Gasteiger partial charge in [0.15, 0.2) is 11.4 Å². The van der Waals surface area contributed by atoms with E-state index in [-0.39, 0.29) is 23.1 Å². The summed E-state index contributed by atoms with van der Waals surface area (Å²) in [5, 5.41) is 2.51. The second-order valence-corrected chi connectivity index (χ2v) is 8.79. The Morgan fingerprint density at radius 1 is 0.872 bits per heavy atom. The van der Waals surface area contributed by atoms with Crippen molar-refractivity contribution in [2.75, 3.05) is 6.79 Å². The van der Waals surface area contributed by atoms with Crippen LogP contribution in [0.2, 0.25) is 0 Å². The Balaban J connectivity index is 1.75. The lowest BCUT2D eigenvalue weighted by Gasteiger charge is -2.17. The van der Waals surface area contributed by atoms with Gasteiger partial charge in [-0.05, 0) is 61.4 Å². The van der Waals surface area contributed by atoms with Crippen LogP contribution in [0.1, 0.15) is 49.3 Å². The van der Waals surface area contributed by atoms with E-state index >= 15 is 0 Å². The molecule has 3 rings (SSSR count). The second kappa shape index (κ2) is 13.3. The molecule has 1 aromatic heterocycles. The van der Waals surface area contributed by atoms with Crippen LogP contribution < -0.4 is 10.1 Å². The molecule has 204 valence electrons. The van der Waals surface area contributed by atoms with Gasteiger partial charge >= 0.3 is 11.9 Å². The molecule has 2 aromatic carbocycles. The zero-order valence-corrected chi connectivity index (χ0v) is 21.9. The summed E-state index contributed by atoms with van der Waals surface area (Å²) in [4.78, 5) is 41.4. The number of aromatic nitrogens is 1. The van der Waals surface area contributed by atoms with Gasteiger partial charge in [0.05, 0.1) is 5.92 Å². The van der Waals surface area contributed by atoms with Crippen molar-refractivity contribution in [3.05, 3.63) is 101 Å². The summed E-state index contributed by atoms with van der Waals surface area (Å²) < 4.78 is 43.0. The summed E-state index contributed by atoms with van der Waals surface area (Å²) in [7, 11) is 0. The minimum atomic E-state index is -1.11. The standard InChI is InChI=1S/C29H28F2N2O6/c1-17(2)28(35)38-16-37-24-6-5-15-32-26(24)27(34)33-18(3)29(36)39-19(4)25(20-7-11-22(30)12-8-20)21-9-13-23(31)14-10-21/h5-15,17-18H,16H2,1-4H3,(H,33,34)/t18-/m0/s1. The van der Waals surface area contributed by atoms with Crippen molar-refractivity contribution in [3.8, 4) is 5.75 Å². The highest BCUT2D eigenvalue weighted by Crippen LogP contribution is 2.28. The number of carbonyl (C=O) groups is 3. The maximum Gasteiger partial charge on any atom is 0.333 e. The zero-order valence-electron chi connectivity index (χ0n) is 21.9. The third-order valence-electron chi connectivity index (χ3n) is 5.45. The van der Waals surface area contributed by atoms with E-state index in [9.17, 15) is 23.2 Å². The zero-order chi connectivity index (χ0) is 28.5. The number of allylic oxidation sites excluding steroid dienone is 1. The van der Waals surface area contributed by atoms with Gasteiger partial charge in [-0.3, -0.25) is 9.59 Å². The van der Waals surface area contributed by atoms with Crippen LogP contribution in [0.4, 0.5) is 8.78 Å². The fourth-order valence-corrected chi connectivity index (χ4v) is 3.42. The smallest absolute Gasteiger partial charge is 0.333 e. The quantitative estimate of drug-likeness (QED) is 0.219. The van der Waals surface area contributed by atoms with E-state index in [1.165, 1.54) is 80.7 Å². The molecule has 0 spiro atoms. The Labute approximate surface area is 224 Å². The van der Waals surface area contributed by atoms with Gasteiger partial charge in [-0.15, -0.1) is 0 Å². The van der Waals surface area contributed by atoms with Crippen LogP contribution in [0, 0.1) is 17.6 Å². The number of amides is 1. The number of esters is 2. The van der Waals surface area contributed by atoms with E-state index in [1.54, 1.807) is 13.8 Å². The number of nitrogens with one attached hydrogen (secondary N) is 1. The second-order valence-electron chi connectivity index (χ2n) is 8.79. The molecule has 1 amide bonds. The van der Waals surface area contributed by atoms with E-state index in [1.807, 2.05) is 0 Å². The Bertz CT molecular complexity index is 1310. The number of hydrogen-bond donors (Lipinski definition) is 1. The van der Waals surface area contributed by atoms with Gasteiger partial charge in [0.2, 0.25) is 6.79 Å². The molecule has 0 aliphatic heterocycles. The number of nitrogens with zero attached hydrogens (tertiary/aromatic N) is 1. The maximum atomic E-state index is 13.5. The molecule has 39 heavy (non-hydrogen) atoms. The lowest BCUT2D eigenvalue weighted by molar-refractivity contribution is -0.154. The first kappa shape index (κ1) is 29.0. The monoisotopic (exact) mass is 538 g/mol. The fourth-order valence-electron chi connectivity index (χ4n) is 3.42. The van der Waals surface area contributed by atoms with Gasteiger partial charge in [-0.2, -0.15) is 0 Å². The first-order valence-electron chi connectivity index (χ1n) is 12.1. The van der Waals surface area contributed by atoms with Gasteiger partial charge in [-0.25, -0.2) is 18.6 Å². The Hall–Kier alpha value is -4.60. The van der Waals surface area contributed by atoms with E-state index in [0.717, 1.165) is 0 Å². The molecule has 0 saturated carbocycles. The van der Waals surface area contributed by atoms with Gasteiger partial charge in [0, 0.05) is 11.8 Å². The van der Waals surface area contributed by atoms with Gasteiger partial charge in [-0.1, -0.05) is 38.1 Å². The van der Waals surface area contributed by atoms with Crippen LogP contribution in [0.15, 0.2) is 72.6 Å². The molecule has 0 bridgehead atoms. The lowest BCUT2D eigenvalue weighted by Crippen LogP contribution is -2.40. The van der Waals surface area contributed by atoms with Crippen LogP contribution in [0.3, 0.4) is 0 Å². The normalized spacial score (nSPS) is 11.4. The fraction of sp³-hybridized carbons (Fsp3) is 0.241.